The molecule has 76 valence electrons. The van der Waals surface area contributed by atoms with E-state index >= 15 is 0 Å². The quantitative estimate of drug-likeness (QED) is 0.734. The van der Waals surface area contributed by atoms with Crippen LogP contribution in [0.2, 0.25) is 0 Å². The molecule has 1 aliphatic carbocycles. The molecule has 1 fully saturated rings. The molecule has 1 heterocycles. The maximum atomic E-state index is 11.5. The van der Waals surface area contributed by atoms with Crippen LogP contribution in [0.25, 0.3) is 0 Å². The molecule has 0 radical (unpaired) electrons. The maximum Gasteiger partial charge on any atom is 0.149 e. The van der Waals surface area contributed by atoms with E-state index in [1.807, 2.05) is 13.1 Å². The van der Waals surface area contributed by atoms with E-state index in [2.05, 4.69) is 4.90 Å². The normalized spacial score (nSPS) is 22.1. The third-order valence-electron chi connectivity index (χ3n) is 2.82. The van der Waals surface area contributed by atoms with Gasteiger partial charge in [0.05, 0.1) is 18.6 Å². The van der Waals surface area contributed by atoms with Gasteiger partial charge in [0.2, 0.25) is 0 Å². The topological polar surface area (TPSA) is 33.5 Å². The molecule has 0 spiro atoms. The largest absolute Gasteiger partial charge is 0.472 e. The molecule has 3 nitrogen and oxygen atoms in total. The van der Waals surface area contributed by atoms with Gasteiger partial charge in [0.1, 0.15) is 5.78 Å². The number of rotatable bonds is 3. The molecule has 1 aromatic heterocycles. The Kier molecular flexibility index (Phi) is 2.68. The highest BCUT2D eigenvalue weighted by molar-refractivity contribution is 5.85. The first-order valence-electron chi connectivity index (χ1n) is 5.01. The lowest BCUT2D eigenvalue weighted by molar-refractivity contribution is -0.121. The molecule has 0 saturated heterocycles. The number of Topliss-reactive ketones (excluding diaryl/α,β-unsaturated/α-hetero) is 1. The molecule has 0 aromatic carbocycles. The van der Waals surface area contributed by atoms with Crippen molar-refractivity contribution < 1.29 is 9.21 Å². The summed E-state index contributed by atoms with van der Waals surface area (Å²) in [4.78, 5) is 13.6. The van der Waals surface area contributed by atoms with Gasteiger partial charge in [0.15, 0.2) is 0 Å². The van der Waals surface area contributed by atoms with E-state index in [9.17, 15) is 4.79 Å². The van der Waals surface area contributed by atoms with Gasteiger partial charge in [-0.1, -0.05) is 0 Å². The highest BCUT2D eigenvalue weighted by atomic mass is 16.3. The standard InChI is InChI=1S/C11H15NO2/c1-12(7-9-5-6-14-8-9)10-3-2-4-11(10)13/h5-6,8,10H,2-4,7H2,1H3. The zero-order valence-corrected chi connectivity index (χ0v) is 8.40. The molecule has 2 rings (SSSR count). The number of nitrogens with zero attached hydrogens (tertiary/aromatic N) is 1. The Morgan fingerprint density at radius 2 is 2.50 bits per heavy atom. The summed E-state index contributed by atoms with van der Waals surface area (Å²) in [6.45, 7) is 0.799. The van der Waals surface area contributed by atoms with Crippen LogP contribution in [0.4, 0.5) is 0 Å². The van der Waals surface area contributed by atoms with Gasteiger partial charge in [-0.3, -0.25) is 9.69 Å². The molecular formula is C11H15NO2. The van der Waals surface area contributed by atoms with E-state index < -0.39 is 0 Å². The average Bonchev–Trinajstić information content (AvgIpc) is 2.75. The van der Waals surface area contributed by atoms with E-state index in [1.165, 1.54) is 0 Å². The predicted molar refractivity (Wildman–Crippen MR) is 52.8 cm³/mol. The van der Waals surface area contributed by atoms with Gasteiger partial charge in [0.25, 0.3) is 0 Å². The van der Waals surface area contributed by atoms with Crippen molar-refractivity contribution in [1.29, 1.82) is 0 Å². The van der Waals surface area contributed by atoms with Crippen LogP contribution in [0.15, 0.2) is 23.0 Å². The summed E-state index contributed by atoms with van der Waals surface area (Å²) in [6, 6.07) is 2.07. The molecule has 1 aromatic rings. The summed E-state index contributed by atoms with van der Waals surface area (Å²) in [5.74, 6) is 0.385. The Morgan fingerprint density at radius 1 is 1.64 bits per heavy atom. The van der Waals surface area contributed by atoms with Crippen LogP contribution in [-0.4, -0.2) is 23.8 Å². The molecule has 1 aliphatic rings. The number of hydrogen-bond donors (Lipinski definition) is 0. The number of likely N-dealkylation sites (N-methyl/N-ethyl adjacent to an activating group) is 1. The second kappa shape index (κ2) is 3.96. The minimum atomic E-state index is 0.130. The Balaban J connectivity index is 1.95. The number of hydrogen-bond acceptors (Lipinski definition) is 3. The molecule has 0 bridgehead atoms. The lowest BCUT2D eigenvalue weighted by Crippen LogP contribution is -2.34. The van der Waals surface area contributed by atoms with Crippen LogP contribution in [0.5, 0.6) is 0 Å². The minimum Gasteiger partial charge on any atom is -0.472 e. The molecule has 14 heavy (non-hydrogen) atoms. The molecule has 0 amide bonds. The zero-order chi connectivity index (χ0) is 9.97. The van der Waals surface area contributed by atoms with Gasteiger partial charge in [-0.2, -0.15) is 0 Å². The third-order valence-corrected chi connectivity index (χ3v) is 2.82. The lowest BCUT2D eigenvalue weighted by Gasteiger charge is -2.21. The second-order valence-electron chi connectivity index (χ2n) is 3.92. The van der Waals surface area contributed by atoms with Crippen LogP contribution >= 0.6 is 0 Å². The molecule has 1 atom stereocenters. The van der Waals surface area contributed by atoms with Gasteiger partial charge in [0, 0.05) is 18.5 Å². The van der Waals surface area contributed by atoms with Gasteiger partial charge >= 0.3 is 0 Å². The lowest BCUT2D eigenvalue weighted by atomic mass is 10.2. The fourth-order valence-corrected chi connectivity index (χ4v) is 2.04. The Bertz CT molecular complexity index is 305. The van der Waals surface area contributed by atoms with Crippen LogP contribution in [0.3, 0.4) is 0 Å². The number of carbonyl (C=O) groups excluding carboxylic acids is 1. The maximum absolute atomic E-state index is 11.5. The van der Waals surface area contributed by atoms with E-state index in [0.29, 0.717) is 5.78 Å². The highest BCUT2D eigenvalue weighted by Crippen LogP contribution is 2.20. The second-order valence-corrected chi connectivity index (χ2v) is 3.92. The van der Waals surface area contributed by atoms with E-state index in [1.54, 1.807) is 12.5 Å². The van der Waals surface area contributed by atoms with Gasteiger partial charge < -0.3 is 4.42 Å². The summed E-state index contributed by atoms with van der Waals surface area (Å²) in [5, 5.41) is 0. The van der Waals surface area contributed by atoms with E-state index in [-0.39, 0.29) is 6.04 Å². The van der Waals surface area contributed by atoms with Crippen LogP contribution in [-0.2, 0) is 11.3 Å². The molecule has 1 saturated carbocycles. The monoisotopic (exact) mass is 193 g/mol. The molecular weight excluding hydrogens is 178 g/mol. The number of ketones is 1. The van der Waals surface area contributed by atoms with Crippen molar-refractivity contribution in [2.45, 2.75) is 31.8 Å². The molecule has 0 aliphatic heterocycles. The van der Waals surface area contributed by atoms with E-state index in [0.717, 1.165) is 31.4 Å². The van der Waals surface area contributed by atoms with Crippen molar-refractivity contribution in [1.82, 2.24) is 4.90 Å². The van der Waals surface area contributed by atoms with E-state index in [4.69, 9.17) is 4.42 Å². The summed E-state index contributed by atoms with van der Waals surface area (Å²) in [5.41, 5.74) is 1.13. The van der Waals surface area contributed by atoms with Crippen molar-refractivity contribution >= 4 is 5.78 Å². The molecule has 1 unspecified atom stereocenters. The Hall–Kier alpha value is -1.09. The van der Waals surface area contributed by atoms with Crippen molar-refractivity contribution in [2.75, 3.05) is 7.05 Å². The Morgan fingerprint density at radius 3 is 3.07 bits per heavy atom. The van der Waals surface area contributed by atoms with Crippen LogP contribution < -0.4 is 0 Å². The van der Waals surface area contributed by atoms with Gasteiger partial charge in [-0.25, -0.2) is 0 Å². The summed E-state index contributed by atoms with van der Waals surface area (Å²) in [7, 11) is 2.00. The first kappa shape index (κ1) is 9.46. The van der Waals surface area contributed by atoms with Crippen molar-refractivity contribution in [3.63, 3.8) is 0 Å². The van der Waals surface area contributed by atoms with Crippen molar-refractivity contribution in [3.05, 3.63) is 24.2 Å². The Labute approximate surface area is 83.7 Å². The smallest absolute Gasteiger partial charge is 0.149 e. The minimum absolute atomic E-state index is 0.130. The van der Waals surface area contributed by atoms with Gasteiger partial charge in [-0.15, -0.1) is 0 Å². The molecule has 0 N–H and O–H groups in total. The van der Waals surface area contributed by atoms with Crippen molar-refractivity contribution in [3.8, 4) is 0 Å². The number of carbonyl (C=O) groups is 1. The van der Waals surface area contributed by atoms with Crippen LogP contribution in [0, 0.1) is 0 Å². The SMILES string of the molecule is CN(Cc1ccoc1)C1CCCC1=O. The average molecular weight is 193 g/mol. The van der Waals surface area contributed by atoms with Gasteiger partial charge in [-0.05, 0) is 26.0 Å². The first-order chi connectivity index (χ1) is 6.77. The third kappa shape index (κ3) is 1.87. The van der Waals surface area contributed by atoms with Crippen LogP contribution in [0.1, 0.15) is 24.8 Å². The zero-order valence-electron chi connectivity index (χ0n) is 8.40. The summed E-state index contributed by atoms with van der Waals surface area (Å²) >= 11 is 0. The highest BCUT2D eigenvalue weighted by Gasteiger charge is 2.27. The first-order valence-corrected chi connectivity index (χ1v) is 5.01. The summed E-state index contributed by atoms with van der Waals surface area (Å²) in [6.07, 6.45) is 6.20. The molecule has 3 heteroatoms. The van der Waals surface area contributed by atoms with Crippen molar-refractivity contribution in [2.24, 2.45) is 0 Å². The fourth-order valence-electron chi connectivity index (χ4n) is 2.04. The fraction of sp³-hybridized carbons (Fsp3) is 0.545. The number of furan rings is 1. The predicted octanol–water partition coefficient (Wildman–Crippen LogP) is 1.83. The summed E-state index contributed by atoms with van der Waals surface area (Å²) < 4.78 is 4.99.